The molecule has 0 radical (unpaired) electrons. The summed E-state index contributed by atoms with van der Waals surface area (Å²) in [5.41, 5.74) is 0.583. The molecule has 0 aliphatic rings. The maximum atomic E-state index is 13.4. The van der Waals surface area contributed by atoms with E-state index >= 15 is 0 Å². The monoisotopic (exact) mass is 249 g/mol. The molecular formula is C13H16FN3O. The van der Waals surface area contributed by atoms with Gasteiger partial charge in [-0.2, -0.15) is 4.98 Å². The second-order valence-electron chi connectivity index (χ2n) is 4.08. The van der Waals surface area contributed by atoms with Crippen LogP contribution in [0.4, 0.5) is 4.39 Å². The number of benzene rings is 1. The minimum atomic E-state index is -0.237. The molecule has 0 fully saturated rings. The van der Waals surface area contributed by atoms with Crippen molar-refractivity contribution in [1.29, 1.82) is 0 Å². The summed E-state index contributed by atoms with van der Waals surface area (Å²) in [6, 6.07) is 6.63. The van der Waals surface area contributed by atoms with Crippen molar-refractivity contribution >= 4 is 0 Å². The minimum absolute atomic E-state index is 0.237. The molecule has 1 aromatic carbocycles. The van der Waals surface area contributed by atoms with Gasteiger partial charge in [-0.05, 0) is 31.6 Å². The quantitative estimate of drug-likeness (QED) is 0.795. The summed E-state index contributed by atoms with van der Waals surface area (Å²) in [6.07, 6.45) is 2.05. The van der Waals surface area contributed by atoms with Crippen LogP contribution in [0.15, 0.2) is 28.8 Å². The lowest BCUT2D eigenvalue weighted by molar-refractivity contribution is 0.370. The van der Waals surface area contributed by atoms with Gasteiger partial charge in [0.25, 0.3) is 0 Å². The van der Waals surface area contributed by atoms with Gasteiger partial charge in [-0.25, -0.2) is 4.39 Å². The molecule has 0 spiro atoms. The molecule has 5 heteroatoms. The van der Waals surface area contributed by atoms with Gasteiger partial charge in [-0.3, -0.25) is 0 Å². The minimum Gasteiger partial charge on any atom is -0.339 e. The zero-order valence-electron chi connectivity index (χ0n) is 10.3. The first-order valence-electron chi connectivity index (χ1n) is 5.99. The summed E-state index contributed by atoms with van der Waals surface area (Å²) in [5, 5.41) is 6.91. The molecule has 0 aliphatic heterocycles. The molecule has 1 aromatic heterocycles. The van der Waals surface area contributed by atoms with E-state index in [1.165, 1.54) is 6.07 Å². The van der Waals surface area contributed by atoms with Gasteiger partial charge in [0.05, 0.1) is 0 Å². The van der Waals surface area contributed by atoms with E-state index < -0.39 is 0 Å². The van der Waals surface area contributed by atoms with Gasteiger partial charge >= 0.3 is 0 Å². The second kappa shape index (κ2) is 6.26. The van der Waals surface area contributed by atoms with Crippen molar-refractivity contribution in [2.24, 2.45) is 0 Å². The van der Waals surface area contributed by atoms with Crippen LogP contribution in [-0.4, -0.2) is 23.7 Å². The molecule has 1 N–H and O–H groups in total. The third-order valence-electron chi connectivity index (χ3n) is 2.63. The summed E-state index contributed by atoms with van der Waals surface area (Å²) in [7, 11) is 1.90. The SMILES string of the molecule is CNCCCc1nc(Cc2ccccc2F)no1. The molecular weight excluding hydrogens is 233 g/mol. The Morgan fingerprint density at radius 3 is 2.94 bits per heavy atom. The average molecular weight is 249 g/mol. The molecule has 0 saturated carbocycles. The van der Waals surface area contributed by atoms with Gasteiger partial charge in [0.2, 0.25) is 5.89 Å². The average Bonchev–Trinajstić information content (AvgIpc) is 2.80. The first-order valence-corrected chi connectivity index (χ1v) is 5.99. The van der Waals surface area contributed by atoms with Gasteiger partial charge in [-0.15, -0.1) is 0 Å². The van der Waals surface area contributed by atoms with E-state index in [0.29, 0.717) is 23.7 Å². The van der Waals surface area contributed by atoms with Crippen LogP contribution >= 0.6 is 0 Å². The number of halogens is 1. The molecule has 18 heavy (non-hydrogen) atoms. The molecule has 0 bridgehead atoms. The van der Waals surface area contributed by atoms with Crippen molar-refractivity contribution in [3.05, 3.63) is 47.4 Å². The summed E-state index contributed by atoms with van der Waals surface area (Å²) >= 11 is 0. The fraction of sp³-hybridized carbons (Fsp3) is 0.385. The molecule has 0 aliphatic carbocycles. The lowest BCUT2D eigenvalue weighted by Gasteiger charge is -1.97. The van der Waals surface area contributed by atoms with Gasteiger partial charge in [0, 0.05) is 12.8 Å². The fourth-order valence-corrected chi connectivity index (χ4v) is 1.69. The highest BCUT2D eigenvalue weighted by molar-refractivity contribution is 5.20. The van der Waals surface area contributed by atoms with Crippen LogP contribution in [-0.2, 0) is 12.8 Å². The van der Waals surface area contributed by atoms with E-state index in [-0.39, 0.29) is 5.82 Å². The van der Waals surface area contributed by atoms with Crippen molar-refractivity contribution in [3.8, 4) is 0 Å². The Bertz CT molecular complexity index is 498. The molecule has 96 valence electrons. The summed E-state index contributed by atoms with van der Waals surface area (Å²) in [5.74, 6) is 0.898. The van der Waals surface area contributed by atoms with Crippen molar-refractivity contribution in [1.82, 2.24) is 15.5 Å². The zero-order valence-corrected chi connectivity index (χ0v) is 10.3. The Balaban J connectivity index is 1.96. The molecule has 0 atom stereocenters. The summed E-state index contributed by atoms with van der Waals surface area (Å²) in [4.78, 5) is 4.25. The van der Waals surface area contributed by atoms with E-state index in [2.05, 4.69) is 15.5 Å². The van der Waals surface area contributed by atoms with E-state index in [1.54, 1.807) is 18.2 Å². The third kappa shape index (κ3) is 3.37. The maximum Gasteiger partial charge on any atom is 0.226 e. The predicted octanol–water partition coefficient (Wildman–Crippen LogP) is 1.95. The molecule has 4 nitrogen and oxygen atoms in total. The number of nitrogens with one attached hydrogen (secondary N) is 1. The molecule has 0 amide bonds. The van der Waals surface area contributed by atoms with Crippen molar-refractivity contribution in [3.63, 3.8) is 0 Å². The first-order chi connectivity index (χ1) is 8.79. The number of aromatic nitrogens is 2. The molecule has 2 aromatic rings. The Labute approximate surface area is 105 Å². The van der Waals surface area contributed by atoms with Gasteiger partial charge in [0.1, 0.15) is 5.82 Å². The Hall–Kier alpha value is -1.75. The molecule has 0 saturated heterocycles. The van der Waals surface area contributed by atoms with Gasteiger partial charge in [0.15, 0.2) is 5.82 Å². The Morgan fingerprint density at radius 2 is 2.17 bits per heavy atom. The highest BCUT2D eigenvalue weighted by Crippen LogP contribution is 2.11. The van der Waals surface area contributed by atoms with Crippen LogP contribution in [0.1, 0.15) is 23.7 Å². The molecule has 1 heterocycles. The molecule has 0 unspecified atom stereocenters. The van der Waals surface area contributed by atoms with Crippen LogP contribution in [0.3, 0.4) is 0 Å². The van der Waals surface area contributed by atoms with E-state index in [4.69, 9.17) is 4.52 Å². The number of rotatable bonds is 6. The van der Waals surface area contributed by atoms with Gasteiger partial charge < -0.3 is 9.84 Å². The lowest BCUT2D eigenvalue weighted by atomic mass is 10.1. The third-order valence-corrected chi connectivity index (χ3v) is 2.63. The Kier molecular flexibility index (Phi) is 4.41. The summed E-state index contributed by atoms with van der Waals surface area (Å²) in [6.45, 7) is 0.908. The number of hydrogen-bond donors (Lipinski definition) is 1. The van der Waals surface area contributed by atoms with Gasteiger partial charge in [-0.1, -0.05) is 23.4 Å². The highest BCUT2D eigenvalue weighted by atomic mass is 19.1. The van der Waals surface area contributed by atoms with E-state index in [1.807, 2.05) is 7.05 Å². The van der Waals surface area contributed by atoms with Crippen LogP contribution in [0.25, 0.3) is 0 Å². The van der Waals surface area contributed by atoms with Crippen LogP contribution in [0, 0.1) is 5.82 Å². The highest BCUT2D eigenvalue weighted by Gasteiger charge is 2.09. The number of aryl methyl sites for hydroxylation is 1. The van der Waals surface area contributed by atoms with E-state index in [0.717, 1.165) is 19.4 Å². The molecule has 2 rings (SSSR count). The standard InChI is InChI=1S/C13H16FN3O/c1-15-8-4-7-13-16-12(17-18-13)9-10-5-2-3-6-11(10)14/h2-3,5-6,15H,4,7-9H2,1H3. The normalized spacial score (nSPS) is 10.8. The largest absolute Gasteiger partial charge is 0.339 e. The second-order valence-corrected chi connectivity index (χ2v) is 4.08. The predicted molar refractivity (Wildman–Crippen MR) is 65.8 cm³/mol. The zero-order chi connectivity index (χ0) is 12.8. The van der Waals surface area contributed by atoms with Crippen LogP contribution in [0.5, 0.6) is 0 Å². The van der Waals surface area contributed by atoms with Crippen molar-refractivity contribution < 1.29 is 8.91 Å². The number of hydrogen-bond acceptors (Lipinski definition) is 4. The Morgan fingerprint density at radius 1 is 1.33 bits per heavy atom. The van der Waals surface area contributed by atoms with Crippen molar-refractivity contribution in [2.45, 2.75) is 19.3 Å². The van der Waals surface area contributed by atoms with Crippen LogP contribution < -0.4 is 5.32 Å². The topological polar surface area (TPSA) is 51.0 Å². The smallest absolute Gasteiger partial charge is 0.226 e. The summed E-state index contributed by atoms with van der Waals surface area (Å²) < 4.78 is 18.5. The van der Waals surface area contributed by atoms with Crippen molar-refractivity contribution in [2.75, 3.05) is 13.6 Å². The van der Waals surface area contributed by atoms with Crippen LogP contribution in [0.2, 0.25) is 0 Å². The maximum absolute atomic E-state index is 13.4. The number of nitrogens with zero attached hydrogens (tertiary/aromatic N) is 2. The van der Waals surface area contributed by atoms with E-state index in [9.17, 15) is 4.39 Å². The fourth-order valence-electron chi connectivity index (χ4n) is 1.69. The lowest BCUT2D eigenvalue weighted by Crippen LogP contribution is -2.08. The first kappa shape index (κ1) is 12.7.